The van der Waals surface area contributed by atoms with Gasteiger partial charge < -0.3 is 5.11 Å². The number of rotatable bonds is 4. The number of hydrogen-bond donors (Lipinski definition) is 1. The molecule has 1 N–H and O–H groups in total. The summed E-state index contributed by atoms with van der Waals surface area (Å²) in [7, 11) is 0. The Labute approximate surface area is 64.5 Å². The first-order valence-electron chi connectivity index (χ1n) is 4.18. The minimum absolute atomic E-state index is 0.343. The third-order valence-electron chi connectivity index (χ3n) is 1.95. The zero-order chi connectivity index (χ0) is 8.15. The third-order valence-corrected chi connectivity index (χ3v) is 1.95. The van der Waals surface area contributed by atoms with Gasteiger partial charge in [-0.15, -0.1) is 0 Å². The van der Waals surface area contributed by atoms with Crippen molar-refractivity contribution in [2.75, 3.05) is 6.61 Å². The van der Waals surface area contributed by atoms with Crippen molar-refractivity contribution in [2.45, 2.75) is 34.1 Å². The van der Waals surface area contributed by atoms with Gasteiger partial charge in [-0.3, -0.25) is 0 Å². The Morgan fingerprint density at radius 1 is 1.10 bits per heavy atom. The van der Waals surface area contributed by atoms with Gasteiger partial charge >= 0.3 is 0 Å². The normalized spacial score (nSPS) is 14.7. The van der Waals surface area contributed by atoms with Crippen LogP contribution in [0.2, 0.25) is 0 Å². The number of hydrogen-bond acceptors (Lipinski definition) is 1. The maximum atomic E-state index is 8.95. The minimum atomic E-state index is 0.343. The molecule has 0 aromatic heterocycles. The molecule has 0 amide bonds. The standard InChI is InChI=1S/C9H20O/c1-7(2)5-9(6-10)8(3)4/h7-10H,5-6H2,1-4H3/t9-/m0/s1. The second kappa shape index (κ2) is 4.73. The van der Waals surface area contributed by atoms with Gasteiger partial charge in [0.1, 0.15) is 0 Å². The topological polar surface area (TPSA) is 20.2 Å². The Morgan fingerprint density at radius 2 is 1.60 bits per heavy atom. The highest BCUT2D eigenvalue weighted by molar-refractivity contribution is 4.63. The lowest BCUT2D eigenvalue weighted by molar-refractivity contribution is 0.168. The fraction of sp³-hybridized carbons (Fsp3) is 1.00. The second-order valence-corrected chi connectivity index (χ2v) is 3.82. The predicted octanol–water partition coefficient (Wildman–Crippen LogP) is 2.30. The van der Waals surface area contributed by atoms with Crippen LogP contribution in [-0.4, -0.2) is 11.7 Å². The fourth-order valence-corrected chi connectivity index (χ4v) is 1.16. The summed E-state index contributed by atoms with van der Waals surface area (Å²) in [4.78, 5) is 0. The molecule has 1 nitrogen and oxygen atoms in total. The van der Waals surface area contributed by atoms with E-state index in [0.29, 0.717) is 24.4 Å². The lowest BCUT2D eigenvalue weighted by Gasteiger charge is -2.19. The van der Waals surface area contributed by atoms with Crippen LogP contribution in [0.25, 0.3) is 0 Å². The molecule has 0 radical (unpaired) electrons. The molecule has 0 spiro atoms. The molecular weight excluding hydrogens is 124 g/mol. The number of aliphatic hydroxyl groups is 1. The number of aliphatic hydroxyl groups excluding tert-OH is 1. The average Bonchev–Trinajstić information content (AvgIpc) is 1.81. The van der Waals surface area contributed by atoms with Crippen molar-refractivity contribution in [3.05, 3.63) is 0 Å². The average molecular weight is 144 g/mol. The molecule has 0 fully saturated rings. The smallest absolute Gasteiger partial charge is 0.0461 e. The van der Waals surface area contributed by atoms with E-state index in [1.165, 1.54) is 0 Å². The van der Waals surface area contributed by atoms with E-state index in [-0.39, 0.29) is 0 Å². The van der Waals surface area contributed by atoms with E-state index in [4.69, 9.17) is 5.11 Å². The van der Waals surface area contributed by atoms with Gasteiger partial charge in [-0.05, 0) is 24.2 Å². The van der Waals surface area contributed by atoms with Crippen molar-refractivity contribution < 1.29 is 5.11 Å². The van der Waals surface area contributed by atoms with E-state index in [1.54, 1.807) is 0 Å². The van der Waals surface area contributed by atoms with Gasteiger partial charge in [0.15, 0.2) is 0 Å². The Hall–Kier alpha value is -0.0400. The molecule has 62 valence electrons. The molecule has 0 aromatic rings. The summed E-state index contributed by atoms with van der Waals surface area (Å²) in [6, 6.07) is 0. The SMILES string of the molecule is CC(C)C[C@@H](CO)C(C)C. The Kier molecular flexibility index (Phi) is 4.71. The van der Waals surface area contributed by atoms with Crippen LogP contribution < -0.4 is 0 Å². The van der Waals surface area contributed by atoms with E-state index in [2.05, 4.69) is 27.7 Å². The molecule has 0 saturated heterocycles. The molecule has 0 unspecified atom stereocenters. The molecule has 10 heavy (non-hydrogen) atoms. The summed E-state index contributed by atoms with van der Waals surface area (Å²) in [6.07, 6.45) is 1.15. The molecule has 0 aromatic carbocycles. The van der Waals surface area contributed by atoms with E-state index in [0.717, 1.165) is 6.42 Å². The zero-order valence-electron chi connectivity index (χ0n) is 7.59. The third kappa shape index (κ3) is 3.89. The molecule has 0 bridgehead atoms. The summed E-state index contributed by atoms with van der Waals surface area (Å²) in [5, 5.41) is 8.95. The van der Waals surface area contributed by atoms with Crippen LogP contribution in [0.4, 0.5) is 0 Å². The van der Waals surface area contributed by atoms with Crippen molar-refractivity contribution >= 4 is 0 Å². The maximum Gasteiger partial charge on any atom is 0.0461 e. The molecule has 0 heterocycles. The first-order valence-corrected chi connectivity index (χ1v) is 4.18. The minimum Gasteiger partial charge on any atom is -0.396 e. The molecule has 0 aliphatic rings. The largest absolute Gasteiger partial charge is 0.396 e. The lowest BCUT2D eigenvalue weighted by atomic mass is 9.88. The van der Waals surface area contributed by atoms with Crippen LogP contribution in [-0.2, 0) is 0 Å². The van der Waals surface area contributed by atoms with Crippen molar-refractivity contribution in [2.24, 2.45) is 17.8 Å². The fourth-order valence-electron chi connectivity index (χ4n) is 1.16. The van der Waals surface area contributed by atoms with Gasteiger partial charge in [-0.25, -0.2) is 0 Å². The summed E-state index contributed by atoms with van der Waals surface area (Å²) in [5.41, 5.74) is 0. The molecule has 0 aliphatic carbocycles. The van der Waals surface area contributed by atoms with E-state index >= 15 is 0 Å². The van der Waals surface area contributed by atoms with Crippen LogP contribution >= 0.6 is 0 Å². The van der Waals surface area contributed by atoms with Crippen LogP contribution in [0.5, 0.6) is 0 Å². The highest BCUT2D eigenvalue weighted by Crippen LogP contribution is 2.18. The van der Waals surface area contributed by atoms with E-state index in [1.807, 2.05) is 0 Å². The molecule has 0 aliphatic heterocycles. The first-order chi connectivity index (χ1) is 4.57. The monoisotopic (exact) mass is 144 g/mol. The van der Waals surface area contributed by atoms with Crippen LogP contribution in [0.15, 0.2) is 0 Å². The van der Waals surface area contributed by atoms with Gasteiger partial charge in [0.25, 0.3) is 0 Å². The summed E-state index contributed by atoms with van der Waals surface area (Å²) < 4.78 is 0. The molecule has 1 atom stereocenters. The van der Waals surface area contributed by atoms with Crippen LogP contribution in [0.3, 0.4) is 0 Å². The molecule has 0 saturated carbocycles. The van der Waals surface area contributed by atoms with Gasteiger partial charge in [0.2, 0.25) is 0 Å². The Balaban J connectivity index is 3.60. The van der Waals surface area contributed by atoms with Gasteiger partial charge in [0.05, 0.1) is 0 Å². The van der Waals surface area contributed by atoms with Crippen LogP contribution in [0.1, 0.15) is 34.1 Å². The Morgan fingerprint density at radius 3 is 1.70 bits per heavy atom. The molecular formula is C9H20O. The van der Waals surface area contributed by atoms with Gasteiger partial charge in [-0.2, -0.15) is 0 Å². The Bertz CT molecular complexity index is 76.8. The predicted molar refractivity (Wildman–Crippen MR) is 44.9 cm³/mol. The van der Waals surface area contributed by atoms with Gasteiger partial charge in [0, 0.05) is 6.61 Å². The summed E-state index contributed by atoms with van der Waals surface area (Å²) in [5.74, 6) is 1.83. The first kappa shape index (κ1) is 9.96. The van der Waals surface area contributed by atoms with Crippen molar-refractivity contribution in [1.82, 2.24) is 0 Å². The summed E-state index contributed by atoms with van der Waals surface area (Å²) in [6.45, 7) is 9.08. The van der Waals surface area contributed by atoms with Crippen LogP contribution in [0, 0.1) is 17.8 Å². The van der Waals surface area contributed by atoms with Crippen molar-refractivity contribution in [3.63, 3.8) is 0 Å². The van der Waals surface area contributed by atoms with E-state index in [9.17, 15) is 0 Å². The zero-order valence-corrected chi connectivity index (χ0v) is 7.59. The van der Waals surface area contributed by atoms with E-state index < -0.39 is 0 Å². The summed E-state index contributed by atoms with van der Waals surface area (Å²) >= 11 is 0. The molecule has 0 rings (SSSR count). The second-order valence-electron chi connectivity index (χ2n) is 3.82. The lowest BCUT2D eigenvalue weighted by Crippen LogP contribution is -2.15. The van der Waals surface area contributed by atoms with Gasteiger partial charge in [-0.1, -0.05) is 27.7 Å². The van der Waals surface area contributed by atoms with Crippen molar-refractivity contribution in [1.29, 1.82) is 0 Å². The highest BCUT2D eigenvalue weighted by atomic mass is 16.3. The molecule has 1 heteroatoms. The highest BCUT2D eigenvalue weighted by Gasteiger charge is 2.12. The maximum absolute atomic E-state index is 8.95. The quantitative estimate of drug-likeness (QED) is 0.642. The van der Waals surface area contributed by atoms with Crippen molar-refractivity contribution in [3.8, 4) is 0 Å².